The maximum Gasteiger partial charge on any atom is 0.233 e. The first-order valence-corrected chi connectivity index (χ1v) is 11.3. The van der Waals surface area contributed by atoms with Crippen LogP contribution < -0.4 is 5.73 Å². The summed E-state index contributed by atoms with van der Waals surface area (Å²) in [5.74, 6) is 1.24. The predicted octanol–water partition coefficient (Wildman–Crippen LogP) is 3.06. The lowest BCUT2D eigenvalue weighted by Crippen LogP contribution is -2.42. The molecular weight excluding hydrogens is 438 g/mol. The van der Waals surface area contributed by atoms with Gasteiger partial charge in [-0.15, -0.1) is 10.2 Å². The number of likely N-dealkylation sites (tertiary alicyclic amines) is 1. The summed E-state index contributed by atoms with van der Waals surface area (Å²) < 4.78 is 7.43. The molecule has 10 heteroatoms. The van der Waals surface area contributed by atoms with Gasteiger partial charge in [-0.25, -0.2) is 0 Å². The maximum absolute atomic E-state index is 12.7. The number of rotatable bonds is 7. The fourth-order valence-corrected chi connectivity index (χ4v) is 4.51. The van der Waals surface area contributed by atoms with Crippen molar-refractivity contribution >= 4 is 35.2 Å². The number of benzene rings is 1. The standard InChI is InChI=1S/C21H22ClN5O3S/c22-16-5-3-15(4-6-16)20-24-25-21(27(20)12-17-2-1-11-30-17)31-13-18(28)26-9-7-14(8-10-26)19(23)29/h1-6,11,14H,7-10,12-13H2,(H2,23,29). The minimum atomic E-state index is -0.290. The molecule has 31 heavy (non-hydrogen) atoms. The Hall–Kier alpha value is -2.78. The summed E-state index contributed by atoms with van der Waals surface area (Å²) in [6.45, 7) is 1.53. The van der Waals surface area contributed by atoms with E-state index < -0.39 is 0 Å². The Kier molecular flexibility index (Phi) is 6.62. The first-order valence-electron chi connectivity index (χ1n) is 9.92. The summed E-state index contributed by atoms with van der Waals surface area (Å²) in [7, 11) is 0. The lowest BCUT2D eigenvalue weighted by Gasteiger charge is -2.30. The molecule has 1 aromatic carbocycles. The fourth-order valence-electron chi connectivity index (χ4n) is 3.54. The van der Waals surface area contributed by atoms with Crippen LogP contribution >= 0.6 is 23.4 Å². The van der Waals surface area contributed by atoms with Gasteiger partial charge < -0.3 is 15.1 Å². The van der Waals surface area contributed by atoms with Gasteiger partial charge in [0.1, 0.15) is 5.76 Å². The minimum Gasteiger partial charge on any atom is -0.467 e. The van der Waals surface area contributed by atoms with Crippen LogP contribution in [0.15, 0.2) is 52.2 Å². The number of carbonyl (C=O) groups excluding carboxylic acids is 2. The lowest BCUT2D eigenvalue weighted by atomic mass is 9.96. The number of piperidine rings is 1. The average molecular weight is 460 g/mol. The van der Waals surface area contributed by atoms with Crippen molar-refractivity contribution in [1.82, 2.24) is 19.7 Å². The smallest absolute Gasteiger partial charge is 0.233 e. The van der Waals surface area contributed by atoms with E-state index >= 15 is 0 Å². The Morgan fingerprint density at radius 1 is 1.16 bits per heavy atom. The van der Waals surface area contributed by atoms with Crippen LogP contribution in [0.3, 0.4) is 0 Å². The number of aromatic nitrogens is 3. The SMILES string of the molecule is NC(=O)C1CCN(C(=O)CSc2nnc(-c3ccc(Cl)cc3)n2Cc2ccco2)CC1. The summed E-state index contributed by atoms with van der Waals surface area (Å²) >= 11 is 7.35. The van der Waals surface area contributed by atoms with Gasteiger partial charge in [0.05, 0.1) is 18.6 Å². The third-order valence-electron chi connectivity index (χ3n) is 5.29. The Labute approximate surface area is 188 Å². The highest BCUT2D eigenvalue weighted by atomic mass is 35.5. The summed E-state index contributed by atoms with van der Waals surface area (Å²) in [5, 5.41) is 9.93. The molecule has 1 aliphatic rings. The van der Waals surface area contributed by atoms with E-state index in [9.17, 15) is 9.59 Å². The zero-order valence-corrected chi connectivity index (χ0v) is 18.3. The molecule has 0 saturated carbocycles. The number of halogens is 1. The summed E-state index contributed by atoms with van der Waals surface area (Å²) in [6.07, 6.45) is 2.84. The van der Waals surface area contributed by atoms with Gasteiger partial charge in [-0.05, 0) is 49.2 Å². The highest BCUT2D eigenvalue weighted by molar-refractivity contribution is 7.99. The van der Waals surface area contributed by atoms with E-state index in [1.165, 1.54) is 11.8 Å². The Balaban J connectivity index is 1.48. The molecule has 0 aliphatic carbocycles. The Morgan fingerprint density at radius 2 is 1.90 bits per heavy atom. The first kappa shape index (κ1) is 21.5. The van der Waals surface area contributed by atoms with Gasteiger partial charge in [-0.3, -0.25) is 14.2 Å². The maximum atomic E-state index is 12.7. The highest BCUT2D eigenvalue weighted by Gasteiger charge is 2.26. The molecule has 0 atom stereocenters. The molecule has 1 fully saturated rings. The van der Waals surface area contributed by atoms with Crippen LogP contribution in [-0.2, 0) is 16.1 Å². The molecule has 162 valence electrons. The van der Waals surface area contributed by atoms with Crippen molar-refractivity contribution < 1.29 is 14.0 Å². The molecule has 2 amide bonds. The molecule has 0 unspecified atom stereocenters. The van der Waals surface area contributed by atoms with E-state index in [-0.39, 0.29) is 23.5 Å². The van der Waals surface area contributed by atoms with Crippen LogP contribution in [0.4, 0.5) is 0 Å². The number of thioether (sulfide) groups is 1. The second-order valence-corrected chi connectivity index (χ2v) is 8.70. The quantitative estimate of drug-likeness (QED) is 0.544. The molecule has 1 aliphatic heterocycles. The molecule has 0 bridgehead atoms. The van der Waals surface area contributed by atoms with Gasteiger partial charge in [0.2, 0.25) is 11.8 Å². The van der Waals surface area contributed by atoms with Crippen LogP contribution in [0.2, 0.25) is 5.02 Å². The van der Waals surface area contributed by atoms with Crippen molar-refractivity contribution in [3.63, 3.8) is 0 Å². The van der Waals surface area contributed by atoms with Crippen molar-refractivity contribution in [3.8, 4) is 11.4 Å². The normalized spacial score (nSPS) is 14.7. The number of hydrogen-bond donors (Lipinski definition) is 1. The molecule has 0 radical (unpaired) electrons. The second kappa shape index (κ2) is 9.57. The van der Waals surface area contributed by atoms with Gasteiger partial charge >= 0.3 is 0 Å². The first-order chi connectivity index (χ1) is 15.0. The number of primary amides is 1. The van der Waals surface area contributed by atoms with Crippen molar-refractivity contribution in [1.29, 1.82) is 0 Å². The molecule has 1 saturated heterocycles. The van der Waals surface area contributed by atoms with E-state index in [2.05, 4.69) is 10.2 Å². The topological polar surface area (TPSA) is 107 Å². The van der Waals surface area contributed by atoms with Crippen molar-refractivity contribution in [2.75, 3.05) is 18.8 Å². The average Bonchev–Trinajstić information content (AvgIpc) is 3.43. The molecule has 3 aromatic rings. The minimum absolute atomic E-state index is 0.00788. The lowest BCUT2D eigenvalue weighted by molar-refractivity contribution is -0.132. The van der Waals surface area contributed by atoms with Crippen molar-refractivity contribution in [2.45, 2.75) is 24.5 Å². The summed E-state index contributed by atoms with van der Waals surface area (Å²) in [4.78, 5) is 25.8. The van der Waals surface area contributed by atoms with Gasteiger partial charge in [0.25, 0.3) is 0 Å². The van der Waals surface area contributed by atoms with Crippen molar-refractivity contribution in [3.05, 3.63) is 53.4 Å². The molecule has 3 heterocycles. The fraction of sp³-hybridized carbons (Fsp3) is 0.333. The van der Waals surface area contributed by atoms with E-state index in [1.54, 1.807) is 23.3 Å². The summed E-state index contributed by atoms with van der Waals surface area (Å²) in [5.41, 5.74) is 6.25. The van der Waals surface area contributed by atoms with Crippen LogP contribution in [-0.4, -0.2) is 50.3 Å². The second-order valence-electron chi connectivity index (χ2n) is 7.32. The zero-order valence-electron chi connectivity index (χ0n) is 16.7. The van der Waals surface area contributed by atoms with Gasteiger partial charge in [0.15, 0.2) is 11.0 Å². The number of hydrogen-bond acceptors (Lipinski definition) is 6. The number of nitrogens with zero attached hydrogens (tertiary/aromatic N) is 4. The highest BCUT2D eigenvalue weighted by Crippen LogP contribution is 2.27. The van der Waals surface area contributed by atoms with E-state index in [1.807, 2.05) is 28.8 Å². The molecule has 2 N–H and O–H groups in total. The van der Waals surface area contributed by atoms with Gasteiger partial charge in [-0.2, -0.15) is 0 Å². The molecule has 4 rings (SSSR count). The van der Waals surface area contributed by atoms with Gasteiger partial charge in [-0.1, -0.05) is 23.4 Å². The third-order valence-corrected chi connectivity index (χ3v) is 6.49. The predicted molar refractivity (Wildman–Crippen MR) is 118 cm³/mol. The number of carbonyl (C=O) groups is 2. The largest absolute Gasteiger partial charge is 0.467 e. The Morgan fingerprint density at radius 3 is 2.55 bits per heavy atom. The van der Waals surface area contributed by atoms with Crippen LogP contribution in [0.25, 0.3) is 11.4 Å². The van der Waals surface area contributed by atoms with Crippen molar-refractivity contribution in [2.24, 2.45) is 11.7 Å². The Bertz CT molecular complexity index is 1040. The van der Waals surface area contributed by atoms with Crippen LogP contribution in [0, 0.1) is 5.92 Å². The van der Waals surface area contributed by atoms with Crippen LogP contribution in [0.1, 0.15) is 18.6 Å². The number of nitrogens with two attached hydrogens (primary N) is 1. The molecular formula is C21H22ClN5O3S. The van der Waals surface area contributed by atoms with E-state index in [0.29, 0.717) is 48.5 Å². The molecule has 2 aromatic heterocycles. The number of furan rings is 1. The zero-order chi connectivity index (χ0) is 21.8. The third kappa shape index (κ3) is 5.11. The van der Waals surface area contributed by atoms with Crippen LogP contribution in [0.5, 0.6) is 0 Å². The van der Waals surface area contributed by atoms with Gasteiger partial charge in [0, 0.05) is 29.6 Å². The molecule has 0 spiro atoms. The monoisotopic (exact) mass is 459 g/mol. The summed E-state index contributed by atoms with van der Waals surface area (Å²) in [6, 6.07) is 11.1. The number of amides is 2. The molecule has 8 nitrogen and oxygen atoms in total. The van der Waals surface area contributed by atoms with E-state index in [4.69, 9.17) is 21.8 Å². The van der Waals surface area contributed by atoms with E-state index in [0.717, 1.165) is 11.3 Å².